The number of carbonyl (C=O) groups excluding carboxylic acids is 1. The number of nitrogens with zero attached hydrogens (tertiary/aromatic N) is 4. The molecule has 0 saturated heterocycles. The molecule has 4 aromatic heterocycles. The van der Waals surface area contributed by atoms with E-state index >= 15 is 0 Å². The van der Waals surface area contributed by atoms with E-state index in [1.807, 2.05) is 0 Å². The van der Waals surface area contributed by atoms with Crippen molar-refractivity contribution in [3.63, 3.8) is 0 Å². The maximum Gasteiger partial charge on any atom is 0.417 e. The average molecular weight is 413 g/mol. The third-order valence-electron chi connectivity index (χ3n) is 4.06. The van der Waals surface area contributed by atoms with Crippen LogP contribution in [-0.4, -0.2) is 30.8 Å². The summed E-state index contributed by atoms with van der Waals surface area (Å²) in [4.78, 5) is 30.9. The number of halogens is 3. The predicted octanol–water partition coefficient (Wildman–Crippen LogP) is 4.14. The molecule has 0 saturated carbocycles. The van der Waals surface area contributed by atoms with E-state index in [4.69, 9.17) is 0 Å². The highest BCUT2D eigenvalue weighted by molar-refractivity contribution is 5.91. The number of amides is 1. The largest absolute Gasteiger partial charge is 0.417 e. The molecular formula is C19H14F3N7O. The van der Waals surface area contributed by atoms with Crippen molar-refractivity contribution in [2.75, 3.05) is 10.6 Å². The number of nitrogens with one attached hydrogen (secondary N) is 3. The molecule has 4 aromatic rings. The van der Waals surface area contributed by atoms with Gasteiger partial charge in [0.15, 0.2) is 5.82 Å². The van der Waals surface area contributed by atoms with Crippen molar-refractivity contribution in [2.45, 2.75) is 13.1 Å². The molecule has 0 radical (unpaired) electrons. The molecule has 3 N–H and O–H groups in total. The van der Waals surface area contributed by atoms with Crippen molar-refractivity contribution in [3.8, 4) is 11.5 Å². The van der Waals surface area contributed by atoms with Gasteiger partial charge in [-0.2, -0.15) is 13.2 Å². The van der Waals surface area contributed by atoms with Gasteiger partial charge in [0.25, 0.3) is 0 Å². The SMILES string of the molecule is CC(=O)Nc1cc(Nc2nc(-c3ccc(C(F)(F)F)cn3)nc3[nH]ccc23)ccn1. The molecule has 0 aromatic carbocycles. The van der Waals surface area contributed by atoms with Gasteiger partial charge >= 0.3 is 6.18 Å². The lowest BCUT2D eigenvalue weighted by atomic mass is 10.2. The van der Waals surface area contributed by atoms with Gasteiger partial charge < -0.3 is 15.6 Å². The number of H-pyrrole nitrogens is 1. The first kappa shape index (κ1) is 19.3. The van der Waals surface area contributed by atoms with Crippen LogP contribution in [0.15, 0.2) is 48.9 Å². The maximum absolute atomic E-state index is 12.8. The van der Waals surface area contributed by atoms with Crippen molar-refractivity contribution >= 4 is 34.3 Å². The van der Waals surface area contributed by atoms with Gasteiger partial charge in [-0.15, -0.1) is 0 Å². The Hall–Kier alpha value is -4.02. The number of carbonyl (C=O) groups is 1. The summed E-state index contributed by atoms with van der Waals surface area (Å²) in [5.74, 6) is 0.664. The van der Waals surface area contributed by atoms with E-state index in [-0.39, 0.29) is 17.4 Å². The van der Waals surface area contributed by atoms with Crippen molar-refractivity contribution < 1.29 is 18.0 Å². The van der Waals surface area contributed by atoms with Crippen LogP contribution in [0.25, 0.3) is 22.6 Å². The number of pyridine rings is 2. The van der Waals surface area contributed by atoms with Gasteiger partial charge in [-0.25, -0.2) is 15.0 Å². The van der Waals surface area contributed by atoms with E-state index < -0.39 is 11.7 Å². The molecule has 30 heavy (non-hydrogen) atoms. The summed E-state index contributed by atoms with van der Waals surface area (Å²) < 4.78 is 38.4. The molecule has 4 rings (SSSR count). The zero-order valence-corrected chi connectivity index (χ0v) is 15.4. The number of hydrogen-bond acceptors (Lipinski definition) is 6. The molecule has 0 fully saturated rings. The minimum atomic E-state index is -4.48. The van der Waals surface area contributed by atoms with Crippen molar-refractivity contribution in [1.29, 1.82) is 0 Å². The van der Waals surface area contributed by atoms with E-state index in [1.54, 1.807) is 24.4 Å². The van der Waals surface area contributed by atoms with Gasteiger partial charge in [0.2, 0.25) is 5.91 Å². The van der Waals surface area contributed by atoms with Crippen LogP contribution in [0.1, 0.15) is 12.5 Å². The number of aromatic amines is 1. The summed E-state index contributed by atoms with van der Waals surface area (Å²) in [5, 5.41) is 6.38. The number of hydrogen-bond donors (Lipinski definition) is 3. The predicted molar refractivity (Wildman–Crippen MR) is 104 cm³/mol. The van der Waals surface area contributed by atoms with E-state index in [1.165, 1.54) is 19.2 Å². The second-order valence-corrected chi connectivity index (χ2v) is 6.30. The summed E-state index contributed by atoms with van der Waals surface area (Å²) in [6.45, 7) is 1.37. The Labute approximate surface area is 167 Å². The fraction of sp³-hybridized carbons (Fsp3) is 0.105. The van der Waals surface area contributed by atoms with Crippen LogP contribution in [0.3, 0.4) is 0 Å². The Kier molecular flexibility index (Phi) is 4.78. The van der Waals surface area contributed by atoms with Gasteiger partial charge in [-0.3, -0.25) is 9.78 Å². The normalized spacial score (nSPS) is 11.5. The zero-order chi connectivity index (χ0) is 21.3. The lowest BCUT2D eigenvalue weighted by Gasteiger charge is -2.10. The molecule has 8 nitrogen and oxygen atoms in total. The van der Waals surface area contributed by atoms with Gasteiger partial charge in [-0.05, 0) is 24.3 Å². The molecule has 0 aliphatic heterocycles. The molecule has 0 spiro atoms. The van der Waals surface area contributed by atoms with E-state index in [0.29, 0.717) is 28.4 Å². The highest BCUT2D eigenvalue weighted by Gasteiger charge is 2.30. The Balaban J connectivity index is 1.71. The first-order chi connectivity index (χ1) is 14.3. The first-order valence-electron chi connectivity index (χ1n) is 8.69. The van der Waals surface area contributed by atoms with E-state index in [2.05, 4.69) is 35.6 Å². The summed E-state index contributed by atoms with van der Waals surface area (Å²) >= 11 is 0. The van der Waals surface area contributed by atoms with E-state index in [9.17, 15) is 18.0 Å². The quantitative estimate of drug-likeness (QED) is 0.464. The molecule has 152 valence electrons. The monoisotopic (exact) mass is 413 g/mol. The Morgan fingerprint density at radius 2 is 1.93 bits per heavy atom. The summed E-state index contributed by atoms with van der Waals surface area (Å²) in [6, 6.07) is 7.22. The van der Waals surface area contributed by atoms with Crippen LogP contribution in [0.5, 0.6) is 0 Å². The molecule has 1 amide bonds. The van der Waals surface area contributed by atoms with Crippen LogP contribution in [-0.2, 0) is 11.0 Å². The molecular weight excluding hydrogens is 399 g/mol. The van der Waals surface area contributed by atoms with Gasteiger partial charge in [0.1, 0.15) is 23.0 Å². The Morgan fingerprint density at radius 1 is 1.10 bits per heavy atom. The third-order valence-corrected chi connectivity index (χ3v) is 4.06. The van der Waals surface area contributed by atoms with Crippen LogP contribution < -0.4 is 10.6 Å². The minimum Gasteiger partial charge on any atom is -0.346 e. The van der Waals surface area contributed by atoms with Crippen LogP contribution in [0.4, 0.5) is 30.5 Å². The van der Waals surface area contributed by atoms with Crippen molar-refractivity contribution in [2.24, 2.45) is 0 Å². The minimum absolute atomic E-state index is 0.150. The van der Waals surface area contributed by atoms with Gasteiger partial charge in [-0.1, -0.05) is 0 Å². The maximum atomic E-state index is 12.8. The fourth-order valence-corrected chi connectivity index (χ4v) is 2.74. The van der Waals surface area contributed by atoms with Gasteiger partial charge in [0.05, 0.1) is 10.9 Å². The average Bonchev–Trinajstić information content (AvgIpc) is 3.16. The Morgan fingerprint density at radius 3 is 2.63 bits per heavy atom. The fourth-order valence-electron chi connectivity index (χ4n) is 2.74. The second-order valence-electron chi connectivity index (χ2n) is 6.30. The number of fused-ring (bicyclic) bond motifs is 1. The molecule has 0 atom stereocenters. The zero-order valence-electron chi connectivity index (χ0n) is 15.4. The summed E-state index contributed by atoms with van der Waals surface area (Å²) in [6.07, 6.45) is -0.548. The van der Waals surface area contributed by atoms with Crippen molar-refractivity contribution in [1.82, 2.24) is 24.9 Å². The molecule has 0 aliphatic rings. The van der Waals surface area contributed by atoms with Crippen LogP contribution in [0.2, 0.25) is 0 Å². The van der Waals surface area contributed by atoms with Gasteiger partial charge in [0, 0.05) is 37.3 Å². The molecule has 0 unspecified atom stereocenters. The molecule has 11 heteroatoms. The lowest BCUT2D eigenvalue weighted by Crippen LogP contribution is -2.08. The smallest absolute Gasteiger partial charge is 0.346 e. The van der Waals surface area contributed by atoms with Crippen LogP contribution >= 0.6 is 0 Å². The lowest BCUT2D eigenvalue weighted by molar-refractivity contribution is -0.137. The first-order valence-corrected chi connectivity index (χ1v) is 8.69. The number of rotatable bonds is 4. The summed E-state index contributed by atoms with van der Waals surface area (Å²) in [5.41, 5.74) is 0.422. The molecule has 4 heterocycles. The topological polar surface area (TPSA) is 108 Å². The number of aromatic nitrogens is 5. The van der Waals surface area contributed by atoms with Crippen LogP contribution in [0, 0.1) is 0 Å². The number of anilines is 3. The highest BCUT2D eigenvalue weighted by Crippen LogP contribution is 2.30. The Bertz CT molecular complexity index is 1220. The molecule has 0 bridgehead atoms. The van der Waals surface area contributed by atoms with Crippen molar-refractivity contribution in [3.05, 3.63) is 54.5 Å². The second kappa shape index (κ2) is 7.43. The number of alkyl halides is 3. The summed E-state index contributed by atoms with van der Waals surface area (Å²) in [7, 11) is 0. The third kappa shape index (κ3) is 4.04. The van der Waals surface area contributed by atoms with E-state index in [0.717, 1.165) is 12.3 Å². The highest BCUT2D eigenvalue weighted by atomic mass is 19.4. The molecule has 0 aliphatic carbocycles. The standard InChI is InChI=1S/C19H14F3N7O/c1-10(30)26-15-8-12(4-6-23-15)27-17-13-5-7-24-16(13)28-18(29-17)14-3-2-11(9-25-14)19(20,21)22/h2-9H,1H3,(H3,23,24,26,27,28,29,30).